The summed E-state index contributed by atoms with van der Waals surface area (Å²) in [5.41, 5.74) is 1.07. The van der Waals surface area contributed by atoms with Gasteiger partial charge in [0.15, 0.2) is 0 Å². The number of aromatic carboxylic acids is 1. The van der Waals surface area contributed by atoms with Crippen LogP contribution in [0.25, 0.3) is 10.9 Å². The summed E-state index contributed by atoms with van der Waals surface area (Å²) in [5, 5.41) is 9.95. The number of halogens is 1. The van der Waals surface area contributed by atoms with Crippen LogP contribution in [0.4, 0.5) is 0 Å². The van der Waals surface area contributed by atoms with Gasteiger partial charge in [-0.3, -0.25) is 0 Å². The van der Waals surface area contributed by atoms with Gasteiger partial charge in [-0.1, -0.05) is 15.9 Å². The Morgan fingerprint density at radius 1 is 1.50 bits per heavy atom. The van der Waals surface area contributed by atoms with Crippen LogP contribution in [0.2, 0.25) is 0 Å². The first-order chi connectivity index (χ1) is 6.59. The van der Waals surface area contributed by atoms with E-state index in [9.17, 15) is 4.79 Å². The lowest BCUT2D eigenvalue weighted by Gasteiger charge is -2.02. The lowest BCUT2D eigenvalue weighted by molar-refractivity contribution is 0.0698. The second-order valence-corrected chi connectivity index (χ2v) is 4.04. The second kappa shape index (κ2) is 3.13. The van der Waals surface area contributed by atoms with Crippen LogP contribution < -0.4 is 0 Å². The molecular weight excluding hydrogens is 246 g/mol. The first-order valence-electron chi connectivity index (χ1n) is 4.07. The number of hydrogen-bond donors (Lipinski definition) is 1. The summed E-state index contributed by atoms with van der Waals surface area (Å²) in [7, 11) is 1.84. The molecule has 0 bridgehead atoms. The van der Waals surface area contributed by atoms with Crippen molar-refractivity contribution in [3.8, 4) is 0 Å². The monoisotopic (exact) mass is 253 g/mol. The van der Waals surface area contributed by atoms with Crippen molar-refractivity contribution in [2.24, 2.45) is 7.05 Å². The summed E-state index contributed by atoms with van der Waals surface area (Å²) in [4.78, 5) is 11.0. The molecule has 0 aliphatic heterocycles. The number of carboxylic acid groups (broad SMARTS) is 1. The Morgan fingerprint density at radius 3 is 2.86 bits per heavy atom. The van der Waals surface area contributed by atoms with E-state index in [0.29, 0.717) is 5.56 Å². The van der Waals surface area contributed by atoms with Crippen molar-refractivity contribution in [1.82, 2.24) is 4.57 Å². The zero-order chi connectivity index (χ0) is 10.3. The summed E-state index contributed by atoms with van der Waals surface area (Å²) in [6, 6.07) is 5.42. The number of aromatic nitrogens is 1. The van der Waals surface area contributed by atoms with E-state index in [1.165, 1.54) is 0 Å². The lowest BCUT2D eigenvalue weighted by Crippen LogP contribution is -2.00. The van der Waals surface area contributed by atoms with E-state index in [4.69, 9.17) is 5.11 Å². The van der Waals surface area contributed by atoms with Gasteiger partial charge in [-0.05, 0) is 18.2 Å². The molecule has 1 heterocycles. The van der Waals surface area contributed by atoms with Crippen molar-refractivity contribution >= 4 is 32.8 Å². The Kier molecular flexibility index (Phi) is 2.07. The fourth-order valence-electron chi connectivity index (χ4n) is 1.57. The predicted molar refractivity (Wildman–Crippen MR) is 57.6 cm³/mol. The van der Waals surface area contributed by atoms with Gasteiger partial charge in [-0.15, -0.1) is 0 Å². The fraction of sp³-hybridized carbons (Fsp3) is 0.100. The van der Waals surface area contributed by atoms with Gasteiger partial charge in [0.25, 0.3) is 0 Å². The van der Waals surface area contributed by atoms with E-state index in [1.54, 1.807) is 6.07 Å². The highest BCUT2D eigenvalue weighted by Gasteiger charge is 2.12. The molecule has 0 unspecified atom stereocenters. The third-order valence-corrected chi connectivity index (χ3v) is 2.62. The van der Waals surface area contributed by atoms with E-state index in [2.05, 4.69) is 15.9 Å². The minimum Gasteiger partial charge on any atom is -0.478 e. The molecule has 14 heavy (non-hydrogen) atoms. The number of hydrogen-bond acceptors (Lipinski definition) is 1. The van der Waals surface area contributed by atoms with Crippen LogP contribution in [0.1, 0.15) is 10.4 Å². The van der Waals surface area contributed by atoms with Gasteiger partial charge in [0, 0.05) is 23.1 Å². The highest BCUT2D eigenvalue weighted by atomic mass is 79.9. The lowest BCUT2D eigenvalue weighted by atomic mass is 10.1. The smallest absolute Gasteiger partial charge is 0.337 e. The minimum atomic E-state index is -0.905. The molecule has 0 radical (unpaired) electrons. The van der Waals surface area contributed by atoms with Gasteiger partial charge in [0.1, 0.15) is 0 Å². The Labute approximate surface area is 89.1 Å². The standard InChI is InChI=1S/C10H8BrNO2/c1-12-3-2-6-4-7(11)5-8(9(6)12)10(13)14/h2-5H,1H3,(H,13,14). The second-order valence-electron chi connectivity index (χ2n) is 3.12. The number of benzene rings is 1. The van der Waals surface area contributed by atoms with E-state index >= 15 is 0 Å². The first kappa shape index (κ1) is 9.27. The van der Waals surface area contributed by atoms with E-state index < -0.39 is 5.97 Å². The third-order valence-electron chi connectivity index (χ3n) is 2.16. The molecule has 1 aromatic carbocycles. The largest absolute Gasteiger partial charge is 0.478 e. The normalized spacial score (nSPS) is 10.7. The van der Waals surface area contributed by atoms with Gasteiger partial charge in [0.05, 0.1) is 11.1 Å². The van der Waals surface area contributed by atoms with Crippen LogP contribution >= 0.6 is 15.9 Å². The van der Waals surface area contributed by atoms with E-state index in [0.717, 1.165) is 15.4 Å². The van der Waals surface area contributed by atoms with E-state index in [-0.39, 0.29) is 0 Å². The highest BCUT2D eigenvalue weighted by Crippen LogP contribution is 2.24. The SMILES string of the molecule is Cn1ccc2cc(Br)cc(C(=O)O)c21. The Bertz CT molecular complexity index is 516. The Hall–Kier alpha value is -1.29. The average molecular weight is 254 g/mol. The molecule has 0 aliphatic rings. The van der Waals surface area contributed by atoms with E-state index in [1.807, 2.05) is 29.9 Å². The zero-order valence-electron chi connectivity index (χ0n) is 7.49. The number of fused-ring (bicyclic) bond motifs is 1. The van der Waals surface area contributed by atoms with Gasteiger partial charge in [0.2, 0.25) is 0 Å². The number of rotatable bonds is 1. The van der Waals surface area contributed by atoms with Crippen LogP contribution in [-0.2, 0) is 7.05 Å². The molecule has 2 aromatic rings. The van der Waals surface area contributed by atoms with Crippen LogP contribution in [-0.4, -0.2) is 15.6 Å². The minimum absolute atomic E-state index is 0.321. The molecular formula is C10H8BrNO2. The Morgan fingerprint density at radius 2 is 2.21 bits per heavy atom. The maximum atomic E-state index is 11.0. The van der Waals surface area contributed by atoms with Crippen LogP contribution in [0, 0.1) is 0 Å². The van der Waals surface area contributed by atoms with Crippen LogP contribution in [0.3, 0.4) is 0 Å². The summed E-state index contributed by atoms with van der Waals surface area (Å²) in [5.74, 6) is -0.905. The van der Waals surface area contributed by atoms with Crippen molar-refractivity contribution < 1.29 is 9.90 Å². The van der Waals surface area contributed by atoms with Crippen molar-refractivity contribution in [3.63, 3.8) is 0 Å². The van der Waals surface area contributed by atoms with Gasteiger partial charge in [-0.25, -0.2) is 4.79 Å². The van der Waals surface area contributed by atoms with Crippen LogP contribution in [0.5, 0.6) is 0 Å². The maximum Gasteiger partial charge on any atom is 0.337 e. The molecule has 0 fully saturated rings. The molecule has 4 heteroatoms. The quantitative estimate of drug-likeness (QED) is 0.849. The predicted octanol–water partition coefficient (Wildman–Crippen LogP) is 2.64. The van der Waals surface area contributed by atoms with Gasteiger partial charge in [-0.2, -0.15) is 0 Å². The zero-order valence-corrected chi connectivity index (χ0v) is 9.08. The van der Waals surface area contributed by atoms with Gasteiger partial charge >= 0.3 is 5.97 Å². The number of aryl methyl sites for hydroxylation is 1. The summed E-state index contributed by atoms with van der Waals surface area (Å²) in [6.07, 6.45) is 1.85. The fourth-order valence-corrected chi connectivity index (χ4v) is 2.05. The van der Waals surface area contributed by atoms with Crippen molar-refractivity contribution in [3.05, 3.63) is 34.4 Å². The molecule has 0 saturated heterocycles. The summed E-state index contributed by atoms with van der Waals surface area (Å²) < 4.78 is 2.60. The number of nitrogens with zero attached hydrogens (tertiary/aromatic N) is 1. The number of carboxylic acids is 1. The molecule has 72 valence electrons. The van der Waals surface area contributed by atoms with Crippen molar-refractivity contribution in [1.29, 1.82) is 0 Å². The average Bonchev–Trinajstić information content (AvgIpc) is 2.46. The molecule has 0 atom stereocenters. The van der Waals surface area contributed by atoms with Crippen LogP contribution in [0.15, 0.2) is 28.9 Å². The van der Waals surface area contributed by atoms with Crippen molar-refractivity contribution in [2.75, 3.05) is 0 Å². The van der Waals surface area contributed by atoms with Crippen molar-refractivity contribution in [2.45, 2.75) is 0 Å². The third kappa shape index (κ3) is 1.32. The topological polar surface area (TPSA) is 42.2 Å². The maximum absolute atomic E-state index is 11.0. The molecule has 1 aromatic heterocycles. The molecule has 3 nitrogen and oxygen atoms in total. The highest BCUT2D eigenvalue weighted by molar-refractivity contribution is 9.10. The molecule has 0 spiro atoms. The molecule has 1 N–H and O–H groups in total. The Balaban J connectivity index is 2.90. The molecule has 0 aliphatic carbocycles. The summed E-state index contributed by atoms with van der Waals surface area (Å²) >= 11 is 3.29. The molecule has 2 rings (SSSR count). The summed E-state index contributed by atoms with van der Waals surface area (Å²) in [6.45, 7) is 0. The number of carbonyl (C=O) groups is 1. The molecule has 0 saturated carbocycles. The first-order valence-corrected chi connectivity index (χ1v) is 4.87. The van der Waals surface area contributed by atoms with Gasteiger partial charge < -0.3 is 9.67 Å². The molecule has 0 amide bonds.